The van der Waals surface area contributed by atoms with E-state index in [-0.39, 0.29) is 27.6 Å². The summed E-state index contributed by atoms with van der Waals surface area (Å²) in [5.74, 6) is -1.74. The molecule has 0 spiro atoms. The monoisotopic (exact) mass is 467 g/mol. The molecule has 2 aromatic carbocycles. The van der Waals surface area contributed by atoms with Crippen LogP contribution in [0.2, 0.25) is 5.02 Å². The summed E-state index contributed by atoms with van der Waals surface area (Å²) < 4.78 is 21.9. The minimum atomic E-state index is -0.654. The largest absolute Gasteiger partial charge is 0.423 e. The third-order valence-corrected chi connectivity index (χ3v) is 5.59. The van der Waals surface area contributed by atoms with Crippen molar-refractivity contribution in [2.45, 2.75) is 33.6 Å². The van der Waals surface area contributed by atoms with Gasteiger partial charge in [0.2, 0.25) is 0 Å². The first-order valence-corrected chi connectivity index (χ1v) is 10.8. The summed E-state index contributed by atoms with van der Waals surface area (Å²) in [6, 6.07) is 11.7. The molecule has 0 aliphatic carbocycles. The number of rotatable bonds is 6. The van der Waals surface area contributed by atoms with Gasteiger partial charge in [-0.3, -0.25) is 9.59 Å². The number of halogens is 2. The van der Waals surface area contributed by atoms with E-state index in [4.69, 9.17) is 21.6 Å². The molecule has 0 unspecified atom stereocenters. The van der Waals surface area contributed by atoms with Gasteiger partial charge in [-0.1, -0.05) is 37.6 Å². The highest BCUT2D eigenvalue weighted by Gasteiger charge is 2.26. The number of aromatic nitrogens is 2. The number of nitriles is 1. The zero-order valence-electron chi connectivity index (χ0n) is 18.8. The Hall–Kier alpha value is -3.50. The number of benzene rings is 2. The Balaban J connectivity index is 2.16. The zero-order valence-corrected chi connectivity index (χ0v) is 19.5. The van der Waals surface area contributed by atoms with Gasteiger partial charge in [0.25, 0.3) is 5.56 Å². The Morgan fingerprint density at radius 2 is 1.85 bits per heavy atom. The van der Waals surface area contributed by atoms with Crippen LogP contribution in [-0.2, 0) is 24.7 Å². The van der Waals surface area contributed by atoms with Crippen LogP contribution in [0.25, 0.3) is 11.1 Å². The average molecular weight is 468 g/mol. The molecule has 8 heteroatoms. The lowest BCUT2D eigenvalue weighted by molar-refractivity contribution is -0.137. The molecule has 0 saturated carbocycles. The normalized spacial score (nSPS) is 10.8. The molecule has 170 valence electrons. The van der Waals surface area contributed by atoms with E-state index in [0.29, 0.717) is 24.0 Å². The van der Waals surface area contributed by atoms with Gasteiger partial charge in [0, 0.05) is 17.6 Å². The van der Waals surface area contributed by atoms with Crippen molar-refractivity contribution in [3.05, 3.63) is 80.0 Å². The molecule has 3 aromatic rings. The Morgan fingerprint density at radius 1 is 1.18 bits per heavy atom. The third kappa shape index (κ3) is 5.12. The van der Waals surface area contributed by atoms with Crippen molar-refractivity contribution in [3.8, 4) is 22.9 Å². The summed E-state index contributed by atoms with van der Waals surface area (Å²) in [5.41, 5.74) is 1.46. The lowest BCUT2D eigenvalue weighted by atomic mass is 9.94. The fourth-order valence-corrected chi connectivity index (χ4v) is 3.70. The molecular weight excluding hydrogens is 445 g/mol. The molecule has 0 amide bonds. The van der Waals surface area contributed by atoms with Gasteiger partial charge < -0.3 is 4.74 Å². The molecule has 0 atom stereocenters. The molecule has 6 nitrogen and oxygen atoms in total. The van der Waals surface area contributed by atoms with Crippen LogP contribution in [0.4, 0.5) is 4.39 Å². The second kappa shape index (κ2) is 9.97. The first-order chi connectivity index (χ1) is 15.6. The van der Waals surface area contributed by atoms with Crippen molar-refractivity contribution < 1.29 is 13.9 Å². The van der Waals surface area contributed by atoms with Crippen molar-refractivity contribution in [1.82, 2.24) is 9.78 Å². The second-order valence-corrected chi connectivity index (χ2v) is 8.39. The van der Waals surface area contributed by atoms with E-state index in [1.165, 1.54) is 19.2 Å². The first-order valence-electron chi connectivity index (χ1n) is 10.4. The summed E-state index contributed by atoms with van der Waals surface area (Å²) in [6.07, 6.45) is 0.813. The Kier molecular flexibility index (Phi) is 7.29. The molecule has 0 N–H and O–H groups in total. The highest BCUT2D eigenvalue weighted by Crippen LogP contribution is 2.37. The predicted octanol–water partition coefficient (Wildman–Crippen LogP) is 4.77. The lowest BCUT2D eigenvalue weighted by Gasteiger charge is -2.18. The molecule has 0 aliphatic heterocycles. The highest BCUT2D eigenvalue weighted by molar-refractivity contribution is 6.31. The maximum atomic E-state index is 15.3. The fraction of sp³-hybridized carbons (Fsp3) is 0.280. The quantitative estimate of drug-likeness (QED) is 0.487. The average Bonchev–Trinajstić information content (AvgIpc) is 2.79. The van der Waals surface area contributed by atoms with Crippen molar-refractivity contribution in [3.63, 3.8) is 0 Å². The van der Waals surface area contributed by atoms with Crippen molar-refractivity contribution >= 4 is 17.6 Å². The van der Waals surface area contributed by atoms with Crippen LogP contribution in [-0.4, -0.2) is 15.7 Å². The van der Waals surface area contributed by atoms with E-state index < -0.39 is 23.3 Å². The third-order valence-electron chi connectivity index (χ3n) is 5.24. The van der Waals surface area contributed by atoms with Gasteiger partial charge in [-0.2, -0.15) is 10.4 Å². The molecule has 0 aliphatic rings. The SMILES string of the molecule is Cc1nn(C)c(=O)c(-c2c(F)ccc(Cl)c2CCc2ccc(C#N)cc2)c1OC(=O)C(C)C. The lowest BCUT2D eigenvalue weighted by Crippen LogP contribution is -2.26. The van der Waals surface area contributed by atoms with Gasteiger partial charge in [0.05, 0.1) is 23.1 Å². The van der Waals surface area contributed by atoms with E-state index in [9.17, 15) is 9.59 Å². The summed E-state index contributed by atoms with van der Waals surface area (Å²) in [7, 11) is 1.45. The van der Waals surface area contributed by atoms with E-state index in [2.05, 4.69) is 11.2 Å². The molecule has 0 radical (unpaired) electrons. The maximum absolute atomic E-state index is 15.3. The Labute approximate surface area is 196 Å². The number of ether oxygens (including phenoxy) is 1. The van der Waals surface area contributed by atoms with E-state index in [1.54, 1.807) is 32.9 Å². The van der Waals surface area contributed by atoms with Crippen LogP contribution >= 0.6 is 11.6 Å². The van der Waals surface area contributed by atoms with Crippen LogP contribution in [0.1, 0.15) is 36.2 Å². The Morgan fingerprint density at radius 3 is 2.45 bits per heavy atom. The van der Waals surface area contributed by atoms with Crippen LogP contribution in [0.5, 0.6) is 5.75 Å². The fourth-order valence-electron chi connectivity index (χ4n) is 3.44. The van der Waals surface area contributed by atoms with Gasteiger partial charge in [-0.05, 0) is 55.2 Å². The van der Waals surface area contributed by atoms with Gasteiger partial charge in [0.15, 0.2) is 5.75 Å². The Bertz CT molecular complexity index is 1310. The van der Waals surface area contributed by atoms with Crippen LogP contribution in [0.15, 0.2) is 41.2 Å². The standard InChI is InChI=1S/C25H23ClFN3O3/c1-14(2)25(32)33-23-15(3)29-30(4)24(31)22(23)21-18(19(26)11-12-20(21)27)10-9-16-5-7-17(13-28)8-6-16/h5-8,11-12,14H,9-10H2,1-4H3. The van der Waals surface area contributed by atoms with E-state index in [1.807, 2.05) is 12.1 Å². The first kappa shape index (κ1) is 24.1. The summed E-state index contributed by atoms with van der Waals surface area (Å²) >= 11 is 6.46. The maximum Gasteiger partial charge on any atom is 0.313 e. The molecular formula is C25H23ClFN3O3. The molecule has 1 aromatic heterocycles. The smallest absolute Gasteiger partial charge is 0.313 e. The second-order valence-electron chi connectivity index (χ2n) is 7.99. The summed E-state index contributed by atoms with van der Waals surface area (Å²) in [5, 5.41) is 13.4. The number of nitrogens with zero attached hydrogens (tertiary/aromatic N) is 3. The zero-order chi connectivity index (χ0) is 24.3. The van der Waals surface area contributed by atoms with Crippen molar-refractivity contribution in [2.24, 2.45) is 13.0 Å². The summed E-state index contributed by atoms with van der Waals surface area (Å²) in [6.45, 7) is 4.91. The number of hydrogen-bond acceptors (Lipinski definition) is 5. The molecule has 0 fully saturated rings. The van der Waals surface area contributed by atoms with E-state index >= 15 is 4.39 Å². The van der Waals surface area contributed by atoms with Crippen molar-refractivity contribution in [2.75, 3.05) is 0 Å². The number of esters is 1. The van der Waals surface area contributed by atoms with Crippen molar-refractivity contribution in [1.29, 1.82) is 5.26 Å². The predicted molar refractivity (Wildman–Crippen MR) is 124 cm³/mol. The van der Waals surface area contributed by atoms with Gasteiger partial charge in [0.1, 0.15) is 11.5 Å². The number of carbonyl (C=O) groups excluding carboxylic acids is 1. The van der Waals surface area contributed by atoms with Gasteiger partial charge in [-0.15, -0.1) is 0 Å². The minimum absolute atomic E-state index is 0.00574. The summed E-state index contributed by atoms with van der Waals surface area (Å²) in [4.78, 5) is 25.5. The number of aryl methyl sites for hydroxylation is 3. The molecule has 1 heterocycles. The topological polar surface area (TPSA) is 85.0 Å². The molecule has 0 bridgehead atoms. The highest BCUT2D eigenvalue weighted by atomic mass is 35.5. The van der Waals surface area contributed by atoms with Crippen LogP contribution in [0.3, 0.4) is 0 Å². The minimum Gasteiger partial charge on any atom is -0.423 e. The number of hydrogen-bond donors (Lipinski definition) is 0. The van der Waals surface area contributed by atoms with Crippen LogP contribution < -0.4 is 10.3 Å². The molecule has 33 heavy (non-hydrogen) atoms. The molecule has 0 saturated heterocycles. The number of carbonyl (C=O) groups is 1. The van der Waals surface area contributed by atoms with Gasteiger partial charge in [-0.25, -0.2) is 9.07 Å². The molecule has 3 rings (SSSR count). The van der Waals surface area contributed by atoms with Gasteiger partial charge >= 0.3 is 5.97 Å². The van der Waals surface area contributed by atoms with Crippen LogP contribution in [0, 0.1) is 30.0 Å². The van der Waals surface area contributed by atoms with E-state index in [0.717, 1.165) is 10.2 Å².